The summed E-state index contributed by atoms with van der Waals surface area (Å²) in [6.45, 7) is 5.77. The third-order valence-corrected chi connectivity index (χ3v) is 4.36. The topological polar surface area (TPSA) is 49.8 Å². The quantitative estimate of drug-likeness (QED) is 0.931. The number of carbonyl (C=O) groups excluding carboxylic acids is 1. The maximum Gasteiger partial charge on any atom is 0.410 e. The van der Waals surface area contributed by atoms with Crippen molar-refractivity contribution in [1.82, 2.24) is 4.90 Å². The second-order valence-corrected chi connectivity index (χ2v) is 7.18. The van der Waals surface area contributed by atoms with Crippen LogP contribution in [0.2, 0.25) is 0 Å². The molecule has 1 aliphatic carbocycles. The molecule has 0 aromatic heterocycles. The normalized spacial score (nSPS) is 25.0. The smallest absolute Gasteiger partial charge is 0.410 e. The Morgan fingerprint density at radius 3 is 2.45 bits per heavy atom. The van der Waals surface area contributed by atoms with E-state index in [0.717, 1.165) is 12.8 Å². The van der Waals surface area contributed by atoms with E-state index in [2.05, 4.69) is 12.1 Å². The maximum atomic E-state index is 12.2. The van der Waals surface area contributed by atoms with Crippen molar-refractivity contribution in [2.75, 3.05) is 13.7 Å². The van der Waals surface area contributed by atoms with Gasteiger partial charge >= 0.3 is 6.09 Å². The number of aliphatic hydroxyl groups excluding tert-OH is 1. The van der Waals surface area contributed by atoms with Gasteiger partial charge in [0.25, 0.3) is 0 Å². The van der Waals surface area contributed by atoms with Crippen LogP contribution in [0.5, 0.6) is 0 Å². The average molecular weight is 305 g/mol. The van der Waals surface area contributed by atoms with E-state index < -0.39 is 5.60 Å². The number of nitrogens with zero attached hydrogens (tertiary/aromatic N) is 1. The first-order valence-electron chi connectivity index (χ1n) is 7.93. The molecule has 1 N–H and O–H groups in total. The zero-order valence-corrected chi connectivity index (χ0v) is 14.0. The lowest BCUT2D eigenvalue weighted by Gasteiger charge is -2.28. The Balaban J connectivity index is 2.07. The van der Waals surface area contributed by atoms with Gasteiger partial charge in [0, 0.05) is 19.7 Å². The van der Waals surface area contributed by atoms with Crippen LogP contribution in [-0.4, -0.2) is 41.4 Å². The van der Waals surface area contributed by atoms with Crippen molar-refractivity contribution in [1.29, 1.82) is 0 Å². The van der Waals surface area contributed by atoms with Crippen LogP contribution < -0.4 is 0 Å². The number of hydrogen-bond acceptors (Lipinski definition) is 3. The van der Waals surface area contributed by atoms with Crippen LogP contribution in [0.25, 0.3) is 0 Å². The Morgan fingerprint density at radius 1 is 1.27 bits per heavy atom. The molecule has 1 fully saturated rings. The lowest BCUT2D eigenvalue weighted by molar-refractivity contribution is 0.0221. The fourth-order valence-corrected chi connectivity index (χ4v) is 3.21. The van der Waals surface area contributed by atoms with Crippen LogP contribution in [-0.2, 0) is 4.74 Å². The Labute approximate surface area is 133 Å². The van der Waals surface area contributed by atoms with Crippen molar-refractivity contribution in [3.05, 3.63) is 35.9 Å². The minimum atomic E-state index is -0.487. The molecule has 0 radical (unpaired) electrons. The third-order valence-electron chi connectivity index (χ3n) is 4.36. The first-order valence-corrected chi connectivity index (χ1v) is 7.93. The van der Waals surface area contributed by atoms with Gasteiger partial charge in [0.15, 0.2) is 0 Å². The number of rotatable bonds is 3. The van der Waals surface area contributed by atoms with E-state index in [1.165, 1.54) is 5.56 Å². The number of aliphatic hydroxyl groups is 1. The molecule has 1 aliphatic rings. The van der Waals surface area contributed by atoms with E-state index in [4.69, 9.17) is 4.74 Å². The molecule has 1 saturated carbocycles. The molecule has 0 heterocycles. The van der Waals surface area contributed by atoms with Gasteiger partial charge in [-0.2, -0.15) is 0 Å². The molecule has 22 heavy (non-hydrogen) atoms. The molecule has 0 spiro atoms. The molecule has 2 rings (SSSR count). The van der Waals surface area contributed by atoms with Gasteiger partial charge in [-0.1, -0.05) is 30.3 Å². The molecule has 1 aromatic carbocycles. The van der Waals surface area contributed by atoms with E-state index in [0.29, 0.717) is 5.92 Å². The van der Waals surface area contributed by atoms with E-state index in [1.807, 2.05) is 39.0 Å². The molecule has 0 aliphatic heterocycles. The Morgan fingerprint density at radius 2 is 1.91 bits per heavy atom. The lowest BCUT2D eigenvalue weighted by Crippen LogP contribution is -2.39. The van der Waals surface area contributed by atoms with Gasteiger partial charge in [0.2, 0.25) is 0 Å². The summed E-state index contributed by atoms with van der Waals surface area (Å²) >= 11 is 0. The van der Waals surface area contributed by atoms with Crippen LogP contribution >= 0.6 is 0 Å². The largest absolute Gasteiger partial charge is 0.444 e. The Bertz CT molecular complexity index is 495. The highest BCUT2D eigenvalue weighted by atomic mass is 16.6. The van der Waals surface area contributed by atoms with Crippen LogP contribution in [0, 0.1) is 5.92 Å². The molecule has 0 bridgehead atoms. The van der Waals surface area contributed by atoms with E-state index in [1.54, 1.807) is 11.9 Å². The second-order valence-electron chi connectivity index (χ2n) is 7.18. The number of hydrogen-bond donors (Lipinski definition) is 1. The fraction of sp³-hybridized carbons (Fsp3) is 0.611. The summed E-state index contributed by atoms with van der Waals surface area (Å²) in [5.74, 6) is 0.485. The lowest BCUT2D eigenvalue weighted by atomic mass is 9.89. The van der Waals surface area contributed by atoms with Crippen molar-refractivity contribution in [2.24, 2.45) is 5.92 Å². The Hall–Kier alpha value is -1.55. The molecule has 1 amide bonds. The summed E-state index contributed by atoms with van der Waals surface area (Å²) in [6, 6.07) is 10.4. The first kappa shape index (κ1) is 16.8. The second kappa shape index (κ2) is 6.69. The summed E-state index contributed by atoms with van der Waals surface area (Å²) < 4.78 is 5.45. The third kappa shape index (κ3) is 4.01. The van der Waals surface area contributed by atoms with E-state index in [9.17, 15) is 9.90 Å². The molecule has 4 nitrogen and oxygen atoms in total. The minimum Gasteiger partial charge on any atom is -0.444 e. The van der Waals surface area contributed by atoms with Crippen LogP contribution in [0.3, 0.4) is 0 Å². The number of ether oxygens (including phenoxy) is 1. The maximum absolute atomic E-state index is 12.2. The predicted octanol–water partition coefficient (Wildman–Crippen LogP) is 3.41. The molecule has 3 atom stereocenters. The number of benzene rings is 1. The molecule has 1 aromatic rings. The first-order chi connectivity index (χ1) is 10.3. The van der Waals surface area contributed by atoms with Gasteiger partial charge in [-0.05, 0) is 51.0 Å². The van der Waals surface area contributed by atoms with Crippen molar-refractivity contribution in [2.45, 2.75) is 51.2 Å². The monoisotopic (exact) mass is 305 g/mol. The van der Waals surface area contributed by atoms with Crippen molar-refractivity contribution < 1.29 is 14.6 Å². The van der Waals surface area contributed by atoms with Crippen LogP contribution in [0.15, 0.2) is 30.3 Å². The SMILES string of the molecule is CN(C(=O)OC(C)(C)C)C1CC(CO)C(c2ccccc2)C1. The molecule has 3 unspecified atom stereocenters. The van der Waals surface area contributed by atoms with Gasteiger partial charge in [-0.3, -0.25) is 0 Å². The molecular formula is C18H27NO3. The van der Waals surface area contributed by atoms with Crippen molar-refractivity contribution in [3.8, 4) is 0 Å². The molecule has 0 saturated heterocycles. The van der Waals surface area contributed by atoms with Gasteiger partial charge in [0.1, 0.15) is 5.60 Å². The summed E-state index contributed by atoms with van der Waals surface area (Å²) in [5, 5.41) is 9.69. The molecule has 122 valence electrons. The predicted molar refractivity (Wildman–Crippen MR) is 86.8 cm³/mol. The number of amides is 1. The van der Waals surface area contributed by atoms with Gasteiger partial charge in [-0.25, -0.2) is 4.79 Å². The molecule has 4 heteroatoms. The fourth-order valence-electron chi connectivity index (χ4n) is 3.21. The highest BCUT2D eigenvalue weighted by molar-refractivity contribution is 5.68. The van der Waals surface area contributed by atoms with E-state index in [-0.39, 0.29) is 24.7 Å². The summed E-state index contributed by atoms with van der Waals surface area (Å²) in [7, 11) is 1.79. The Kier molecular flexibility index (Phi) is 5.12. The zero-order chi connectivity index (χ0) is 16.3. The molecular weight excluding hydrogens is 278 g/mol. The number of carbonyl (C=O) groups is 1. The highest BCUT2D eigenvalue weighted by Gasteiger charge is 2.38. The van der Waals surface area contributed by atoms with Gasteiger partial charge in [0.05, 0.1) is 0 Å². The van der Waals surface area contributed by atoms with Gasteiger partial charge < -0.3 is 14.7 Å². The van der Waals surface area contributed by atoms with Gasteiger partial charge in [-0.15, -0.1) is 0 Å². The minimum absolute atomic E-state index is 0.109. The zero-order valence-electron chi connectivity index (χ0n) is 14.0. The summed E-state index contributed by atoms with van der Waals surface area (Å²) in [6.07, 6.45) is 1.39. The van der Waals surface area contributed by atoms with E-state index >= 15 is 0 Å². The summed E-state index contributed by atoms with van der Waals surface area (Å²) in [4.78, 5) is 13.9. The standard InChI is InChI=1S/C18H27NO3/c1-18(2,3)22-17(21)19(4)15-10-14(12-20)16(11-15)13-8-6-5-7-9-13/h5-9,14-16,20H,10-12H2,1-4H3. The van der Waals surface area contributed by atoms with Crippen molar-refractivity contribution >= 4 is 6.09 Å². The van der Waals surface area contributed by atoms with Crippen LogP contribution in [0.1, 0.15) is 45.1 Å². The average Bonchev–Trinajstić information content (AvgIpc) is 2.89. The summed E-state index contributed by atoms with van der Waals surface area (Å²) in [5.41, 5.74) is 0.751. The van der Waals surface area contributed by atoms with Crippen LogP contribution in [0.4, 0.5) is 4.79 Å². The van der Waals surface area contributed by atoms with Crippen molar-refractivity contribution in [3.63, 3.8) is 0 Å². The highest BCUT2D eigenvalue weighted by Crippen LogP contribution is 2.41.